The van der Waals surface area contributed by atoms with Crippen molar-refractivity contribution in [1.82, 2.24) is 5.16 Å². The Morgan fingerprint density at radius 1 is 1.69 bits per heavy atom. The van der Waals surface area contributed by atoms with E-state index in [0.29, 0.717) is 12.5 Å². The number of thioether (sulfide) groups is 1. The fourth-order valence-electron chi connectivity index (χ4n) is 1.58. The van der Waals surface area contributed by atoms with Crippen molar-refractivity contribution < 1.29 is 4.52 Å². The summed E-state index contributed by atoms with van der Waals surface area (Å²) in [5.41, 5.74) is 6.33. The molecule has 2 N–H and O–H groups in total. The lowest BCUT2D eigenvalue weighted by Crippen LogP contribution is -2.07. The highest BCUT2D eigenvalue weighted by Gasteiger charge is 2.19. The first-order chi connectivity index (χ1) is 6.40. The highest BCUT2D eigenvalue weighted by atomic mass is 32.2. The predicted molar refractivity (Wildman–Crippen MR) is 53.7 cm³/mol. The number of nitrogens with two attached hydrogens (primary N) is 1. The zero-order valence-electron chi connectivity index (χ0n) is 7.53. The summed E-state index contributed by atoms with van der Waals surface area (Å²) in [6.07, 6.45) is 2.51. The van der Waals surface area contributed by atoms with Crippen LogP contribution in [0.5, 0.6) is 0 Å². The molecule has 0 spiro atoms. The van der Waals surface area contributed by atoms with Crippen molar-refractivity contribution >= 4 is 11.8 Å². The number of hydrogen-bond donors (Lipinski definition) is 1. The summed E-state index contributed by atoms with van der Waals surface area (Å²) < 4.78 is 5.25. The summed E-state index contributed by atoms with van der Waals surface area (Å²) >= 11 is 2.00. The molecular weight excluding hydrogens is 184 g/mol. The Labute approximate surface area is 82.0 Å². The molecule has 0 aromatic carbocycles. The molecule has 1 aromatic rings. The molecule has 13 heavy (non-hydrogen) atoms. The molecule has 2 rings (SSSR count). The van der Waals surface area contributed by atoms with Crippen LogP contribution >= 0.6 is 11.8 Å². The van der Waals surface area contributed by atoms with E-state index in [2.05, 4.69) is 5.16 Å². The second kappa shape index (κ2) is 4.15. The number of hydrogen-bond acceptors (Lipinski definition) is 4. The second-order valence-corrected chi connectivity index (χ2v) is 4.49. The lowest BCUT2D eigenvalue weighted by Gasteiger charge is -2.17. The maximum absolute atomic E-state index is 5.46. The first-order valence-corrected chi connectivity index (χ1v) is 5.79. The number of rotatable bonds is 2. The van der Waals surface area contributed by atoms with E-state index in [1.54, 1.807) is 0 Å². The molecule has 1 fully saturated rings. The number of nitrogens with zero attached hydrogens (tertiary/aromatic N) is 1. The van der Waals surface area contributed by atoms with Crippen molar-refractivity contribution in [2.24, 2.45) is 5.73 Å². The van der Waals surface area contributed by atoms with E-state index in [1.807, 2.05) is 17.8 Å². The van der Waals surface area contributed by atoms with Gasteiger partial charge in [-0.3, -0.25) is 0 Å². The van der Waals surface area contributed by atoms with E-state index < -0.39 is 0 Å². The quantitative estimate of drug-likeness (QED) is 0.786. The van der Waals surface area contributed by atoms with Gasteiger partial charge in [-0.25, -0.2) is 0 Å². The Morgan fingerprint density at radius 2 is 2.62 bits per heavy atom. The van der Waals surface area contributed by atoms with Gasteiger partial charge in [-0.05, 0) is 18.6 Å². The van der Waals surface area contributed by atoms with Gasteiger partial charge in [0.2, 0.25) is 0 Å². The molecule has 72 valence electrons. The van der Waals surface area contributed by atoms with E-state index >= 15 is 0 Å². The van der Waals surface area contributed by atoms with Gasteiger partial charge in [-0.15, -0.1) is 0 Å². The first kappa shape index (κ1) is 9.09. The van der Waals surface area contributed by atoms with Crippen molar-refractivity contribution in [3.05, 3.63) is 17.5 Å². The van der Waals surface area contributed by atoms with Gasteiger partial charge in [0.25, 0.3) is 0 Å². The van der Waals surface area contributed by atoms with E-state index in [-0.39, 0.29) is 0 Å². The second-order valence-electron chi connectivity index (χ2n) is 3.34. The van der Waals surface area contributed by atoms with Gasteiger partial charge in [0.15, 0.2) is 0 Å². The van der Waals surface area contributed by atoms with Crippen molar-refractivity contribution in [2.45, 2.75) is 25.3 Å². The third-order valence-electron chi connectivity index (χ3n) is 2.35. The Kier molecular flexibility index (Phi) is 2.90. The van der Waals surface area contributed by atoms with Crippen LogP contribution in [0.4, 0.5) is 0 Å². The van der Waals surface area contributed by atoms with Crippen LogP contribution in [0.25, 0.3) is 0 Å². The zero-order valence-corrected chi connectivity index (χ0v) is 8.35. The molecule has 1 aliphatic rings. The smallest absolute Gasteiger partial charge is 0.140 e. The summed E-state index contributed by atoms with van der Waals surface area (Å²) in [4.78, 5) is 0. The molecule has 0 saturated carbocycles. The minimum atomic E-state index is 0.476. The summed E-state index contributed by atoms with van der Waals surface area (Å²) in [6.45, 7) is 0.476. The zero-order chi connectivity index (χ0) is 9.10. The van der Waals surface area contributed by atoms with Crippen LogP contribution < -0.4 is 5.73 Å². The molecule has 0 amide bonds. The highest BCUT2D eigenvalue weighted by Crippen LogP contribution is 2.31. The lowest BCUT2D eigenvalue weighted by atomic mass is 10.0. The van der Waals surface area contributed by atoms with Gasteiger partial charge in [0.1, 0.15) is 5.76 Å². The Morgan fingerprint density at radius 3 is 3.23 bits per heavy atom. The van der Waals surface area contributed by atoms with E-state index in [1.165, 1.54) is 24.3 Å². The maximum Gasteiger partial charge on any atom is 0.140 e. The average molecular weight is 198 g/mol. The van der Waals surface area contributed by atoms with Crippen molar-refractivity contribution in [3.63, 3.8) is 0 Å². The molecule has 0 bridgehead atoms. The van der Waals surface area contributed by atoms with Crippen LogP contribution in [-0.2, 0) is 6.54 Å². The average Bonchev–Trinajstić information content (AvgIpc) is 2.67. The maximum atomic E-state index is 5.46. The molecule has 2 heterocycles. The topological polar surface area (TPSA) is 52.0 Å². The summed E-state index contributed by atoms with van der Waals surface area (Å²) in [5, 5.41) is 3.90. The Hall–Kier alpha value is -0.480. The van der Waals surface area contributed by atoms with Gasteiger partial charge >= 0.3 is 0 Å². The molecule has 1 unspecified atom stereocenters. The van der Waals surface area contributed by atoms with Gasteiger partial charge in [0, 0.05) is 24.3 Å². The van der Waals surface area contributed by atoms with Crippen molar-refractivity contribution in [1.29, 1.82) is 0 Å². The fourth-order valence-corrected chi connectivity index (χ4v) is 2.73. The molecule has 1 saturated heterocycles. The fraction of sp³-hybridized carbons (Fsp3) is 0.667. The van der Waals surface area contributed by atoms with Crippen LogP contribution in [0.15, 0.2) is 10.6 Å². The molecule has 0 radical (unpaired) electrons. The van der Waals surface area contributed by atoms with E-state index in [0.717, 1.165) is 11.5 Å². The van der Waals surface area contributed by atoms with Crippen molar-refractivity contribution in [3.8, 4) is 0 Å². The third kappa shape index (κ3) is 2.06. The lowest BCUT2D eigenvalue weighted by molar-refractivity contribution is 0.355. The van der Waals surface area contributed by atoms with Gasteiger partial charge in [-0.2, -0.15) is 11.8 Å². The molecule has 0 aliphatic carbocycles. The summed E-state index contributed by atoms with van der Waals surface area (Å²) in [7, 11) is 0. The van der Waals surface area contributed by atoms with Crippen LogP contribution in [0, 0.1) is 0 Å². The normalized spacial score (nSPS) is 23.3. The first-order valence-electron chi connectivity index (χ1n) is 4.63. The van der Waals surface area contributed by atoms with Gasteiger partial charge in [0.05, 0.1) is 5.69 Å². The van der Waals surface area contributed by atoms with Crippen LogP contribution in [0.2, 0.25) is 0 Å². The monoisotopic (exact) mass is 198 g/mol. The molecule has 1 aliphatic heterocycles. The molecule has 4 heteroatoms. The minimum absolute atomic E-state index is 0.476. The molecule has 1 aromatic heterocycles. The van der Waals surface area contributed by atoms with Crippen LogP contribution in [0.3, 0.4) is 0 Å². The molecular formula is C9H14N2OS. The predicted octanol–water partition coefficient (Wildman–Crippen LogP) is 1.74. The van der Waals surface area contributed by atoms with E-state index in [9.17, 15) is 0 Å². The SMILES string of the molecule is NCc1cc(C2CCCSC2)on1. The summed E-state index contributed by atoms with van der Waals surface area (Å²) in [6, 6.07) is 2.00. The number of aromatic nitrogens is 1. The van der Waals surface area contributed by atoms with Crippen LogP contribution in [-0.4, -0.2) is 16.7 Å². The largest absolute Gasteiger partial charge is 0.361 e. The Balaban J connectivity index is 2.05. The highest BCUT2D eigenvalue weighted by molar-refractivity contribution is 7.99. The van der Waals surface area contributed by atoms with Crippen molar-refractivity contribution in [2.75, 3.05) is 11.5 Å². The standard InChI is InChI=1S/C9H14N2OS/c10-5-8-4-9(12-11-8)7-2-1-3-13-6-7/h4,7H,1-3,5-6,10H2. The van der Waals surface area contributed by atoms with Gasteiger partial charge < -0.3 is 10.3 Å². The van der Waals surface area contributed by atoms with E-state index in [4.69, 9.17) is 10.3 Å². The van der Waals surface area contributed by atoms with Gasteiger partial charge in [-0.1, -0.05) is 5.16 Å². The minimum Gasteiger partial charge on any atom is -0.361 e. The Bertz CT molecular complexity index is 268. The van der Waals surface area contributed by atoms with Crippen LogP contribution in [0.1, 0.15) is 30.2 Å². The molecule has 1 atom stereocenters. The molecule has 3 nitrogen and oxygen atoms in total. The third-order valence-corrected chi connectivity index (χ3v) is 3.56. The summed E-state index contributed by atoms with van der Waals surface area (Å²) in [5.74, 6) is 4.03.